The van der Waals surface area contributed by atoms with Gasteiger partial charge in [0.2, 0.25) is 0 Å². The number of hydrazine groups is 1. The first-order valence-corrected chi connectivity index (χ1v) is 5.09. The van der Waals surface area contributed by atoms with Gasteiger partial charge in [-0.1, -0.05) is 11.3 Å². The molecule has 0 aliphatic rings. The zero-order valence-electron chi connectivity index (χ0n) is 8.32. The predicted molar refractivity (Wildman–Crippen MR) is 56.1 cm³/mol. The van der Waals surface area contributed by atoms with Gasteiger partial charge in [-0.2, -0.15) is 0 Å². The van der Waals surface area contributed by atoms with Crippen molar-refractivity contribution in [3.05, 3.63) is 11.1 Å². The van der Waals surface area contributed by atoms with Gasteiger partial charge in [0.15, 0.2) is 5.13 Å². The molecule has 0 saturated heterocycles. The van der Waals surface area contributed by atoms with E-state index in [1.165, 1.54) is 11.3 Å². The second-order valence-corrected chi connectivity index (χ2v) is 3.97. The molecule has 1 rings (SSSR count). The standard InChI is InChI=1S/C8H15N3O2S/c1-6(4-12-2)13-5-7-3-10-8(11-9)14-7/h3,6H,4-5,9H2,1-2H3,(H,10,11). The molecular weight excluding hydrogens is 202 g/mol. The Morgan fingerprint density at radius 3 is 3.07 bits per heavy atom. The van der Waals surface area contributed by atoms with E-state index in [1.807, 2.05) is 6.92 Å². The number of methoxy groups -OCH3 is 1. The molecule has 0 fully saturated rings. The smallest absolute Gasteiger partial charge is 0.197 e. The fourth-order valence-corrected chi connectivity index (χ4v) is 1.59. The summed E-state index contributed by atoms with van der Waals surface area (Å²) in [6, 6.07) is 0. The Labute approximate surface area is 87.2 Å². The van der Waals surface area contributed by atoms with Crippen molar-refractivity contribution in [2.24, 2.45) is 5.84 Å². The summed E-state index contributed by atoms with van der Waals surface area (Å²) in [5, 5.41) is 0.697. The number of nitrogens with zero attached hydrogens (tertiary/aromatic N) is 1. The molecule has 1 heterocycles. The van der Waals surface area contributed by atoms with Crippen LogP contribution in [0.5, 0.6) is 0 Å². The van der Waals surface area contributed by atoms with Crippen LogP contribution in [0.25, 0.3) is 0 Å². The lowest BCUT2D eigenvalue weighted by molar-refractivity contribution is 0.000872. The summed E-state index contributed by atoms with van der Waals surface area (Å²) in [6.45, 7) is 3.11. The summed E-state index contributed by atoms with van der Waals surface area (Å²) in [5.74, 6) is 5.20. The molecule has 0 aliphatic carbocycles. The minimum absolute atomic E-state index is 0.0939. The van der Waals surface area contributed by atoms with Crippen molar-refractivity contribution < 1.29 is 9.47 Å². The Bertz CT molecular complexity index is 267. The van der Waals surface area contributed by atoms with E-state index in [0.29, 0.717) is 18.3 Å². The molecule has 0 bridgehead atoms. The highest BCUT2D eigenvalue weighted by atomic mass is 32.1. The topological polar surface area (TPSA) is 69.4 Å². The quantitative estimate of drug-likeness (QED) is 0.549. The second-order valence-electron chi connectivity index (χ2n) is 2.85. The molecule has 3 N–H and O–H groups in total. The highest BCUT2D eigenvalue weighted by Crippen LogP contribution is 2.17. The zero-order valence-corrected chi connectivity index (χ0v) is 9.13. The third-order valence-corrected chi connectivity index (χ3v) is 2.49. The van der Waals surface area contributed by atoms with Crippen LogP contribution < -0.4 is 11.3 Å². The molecule has 0 spiro atoms. The van der Waals surface area contributed by atoms with Gasteiger partial charge in [0.1, 0.15) is 0 Å². The van der Waals surface area contributed by atoms with Gasteiger partial charge in [-0.25, -0.2) is 10.8 Å². The van der Waals surface area contributed by atoms with E-state index in [-0.39, 0.29) is 6.10 Å². The van der Waals surface area contributed by atoms with Crippen LogP contribution in [-0.2, 0) is 16.1 Å². The van der Waals surface area contributed by atoms with E-state index in [4.69, 9.17) is 15.3 Å². The number of aromatic nitrogens is 1. The maximum atomic E-state index is 5.50. The predicted octanol–water partition coefficient (Wildman–Crippen LogP) is 0.980. The third-order valence-electron chi connectivity index (χ3n) is 1.59. The maximum absolute atomic E-state index is 5.50. The summed E-state index contributed by atoms with van der Waals surface area (Å²) >= 11 is 1.48. The van der Waals surface area contributed by atoms with E-state index >= 15 is 0 Å². The molecule has 6 heteroatoms. The minimum atomic E-state index is 0.0939. The van der Waals surface area contributed by atoms with Gasteiger partial charge in [0, 0.05) is 13.3 Å². The number of hydrogen-bond acceptors (Lipinski definition) is 6. The molecule has 1 unspecified atom stereocenters. The molecule has 0 radical (unpaired) electrons. The van der Waals surface area contributed by atoms with E-state index in [9.17, 15) is 0 Å². The molecule has 1 aromatic heterocycles. The average molecular weight is 217 g/mol. The fourth-order valence-electron chi connectivity index (χ4n) is 0.948. The Balaban J connectivity index is 2.30. The van der Waals surface area contributed by atoms with E-state index < -0.39 is 0 Å². The molecule has 0 aliphatic heterocycles. The van der Waals surface area contributed by atoms with Crippen LogP contribution in [0.3, 0.4) is 0 Å². The van der Waals surface area contributed by atoms with Gasteiger partial charge >= 0.3 is 0 Å². The number of nitrogens with two attached hydrogens (primary N) is 1. The number of rotatable bonds is 6. The maximum Gasteiger partial charge on any atom is 0.197 e. The number of anilines is 1. The first kappa shape index (κ1) is 11.4. The lowest BCUT2D eigenvalue weighted by Crippen LogP contribution is -2.14. The van der Waals surface area contributed by atoms with Crippen molar-refractivity contribution in [3.8, 4) is 0 Å². The van der Waals surface area contributed by atoms with Crippen LogP contribution >= 0.6 is 11.3 Å². The summed E-state index contributed by atoms with van der Waals surface area (Å²) < 4.78 is 10.5. The molecule has 80 valence electrons. The summed E-state index contributed by atoms with van der Waals surface area (Å²) in [7, 11) is 1.66. The van der Waals surface area contributed by atoms with Crippen LogP contribution in [0.15, 0.2) is 6.20 Å². The van der Waals surface area contributed by atoms with Crippen LogP contribution in [0.2, 0.25) is 0 Å². The van der Waals surface area contributed by atoms with Gasteiger partial charge in [0.05, 0.1) is 24.2 Å². The van der Waals surface area contributed by atoms with Crippen molar-refractivity contribution in [1.29, 1.82) is 0 Å². The number of nitrogen functional groups attached to an aromatic ring is 1. The first-order chi connectivity index (χ1) is 6.76. The van der Waals surface area contributed by atoms with Crippen LogP contribution in [0.4, 0.5) is 5.13 Å². The zero-order chi connectivity index (χ0) is 10.4. The van der Waals surface area contributed by atoms with Crippen LogP contribution in [0, 0.1) is 0 Å². The highest BCUT2D eigenvalue weighted by Gasteiger charge is 2.04. The van der Waals surface area contributed by atoms with Crippen molar-refractivity contribution in [2.75, 3.05) is 19.1 Å². The average Bonchev–Trinajstić information content (AvgIpc) is 2.63. The summed E-state index contributed by atoms with van der Waals surface area (Å²) in [5.41, 5.74) is 2.49. The van der Waals surface area contributed by atoms with Gasteiger partial charge in [-0.15, -0.1) is 0 Å². The fraction of sp³-hybridized carbons (Fsp3) is 0.625. The molecule has 5 nitrogen and oxygen atoms in total. The molecule has 0 saturated carbocycles. The summed E-state index contributed by atoms with van der Waals surface area (Å²) in [6.07, 6.45) is 1.84. The first-order valence-electron chi connectivity index (χ1n) is 4.28. The lowest BCUT2D eigenvalue weighted by atomic mass is 10.4. The third kappa shape index (κ3) is 3.59. The SMILES string of the molecule is COCC(C)OCc1cnc(NN)s1. The molecule has 1 aromatic rings. The van der Waals surface area contributed by atoms with Crippen molar-refractivity contribution in [3.63, 3.8) is 0 Å². The molecule has 0 aromatic carbocycles. The van der Waals surface area contributed by atoms with Crippen LogP contribution in [0.1, 0.15) is 11.8 Å². The second kappa shape index (κ2) is 5.92. The Kier molecular flexibility index (Phi) is 4.81. The Morgan fingerprint density at radius 2 is 2.50 bits per heavy atom. The van der Waals surface area contributed by atoms with E-state index in [1.54, 1.807) is 13.3 Å². The highest BCUT2D eigenvalue weighted by molar-refractivity contribution is 7.15. The monoisotopic (exact) mass is 217 g/mol. The van der Waals surface area contributed by atoms with Crippen molar-refractivity contribution in [2.45, 2.75) is 19.6 Å². The number of hydrogen-bond donors (Lipinski definition) is 2. The van der Waals surface area contributed by atoms with Crippen molar-refractivity contribution in [1.82, 2.24) is 4.98 Å². The van der Waals surface area contributed by atoms with Crippen molar-refractivity contribution >= 4 is 16.5 Å². The number of ether oxygens (including phenoxy) is 2. The van der Waals surface area contributed by atoms with Gasteiger partial charge in [-0.05, 0) is 6.92 Å². The van der Waals surface area contributed by atoms with Gasteiger partial charge in [-0.3, -0.25) is 5.43 Å². The molecule has 0 amide bonds. The van der Waals surface area contributed by atoms with E-state index in [0.717, 1.165) is 4.88 Å². The Morgan fingerprint density at radius 1 is 1.71 bits per heavy atom. The largest absolute Gasteiger partial charge is 0.382 e. The molecule has 14 heavy (non-hydrogen) atoms. The number of thiazole rings is 1. The molecule has 1 atom stereocenters. The Hall–Kier alpha value is -0.690. The minimum Gasteiger partial charge on any atom is -0.382 e. The number of nitrogens with one attached hydrogen (secondary N) is 1. The van der Waals surface area contributed by atoms with Crippen LogP contribution in [-0.4, -0.2) is 24.8 Å². The van der Waals surface area contributed by atoms with Gasteiger partial charge in [0.25, 0.3) is 0 Å². The van der Waals surface area contributed by atoms with Gasteiger partial charge < -0.3 is 9.47 Å². The summed E-state index contributed by atoms with van der Waals surface area (Å²) in [4.78, 5) is 5.07. The lowest BCUT2D eigenvalue weighted by Gasteiger charge is -2.10. The molecular formula is C8H15N3O2S. The normalized spacial score (nSPS) is 12.8. The van der Waals surface area contributed by atoms with E-state index in [2.05, 4.69) is 10.4 Å².